The Morgan fingerprint density at radius 2 is 1.85 bits per heavy atom. The first-order valence-corrected chi connectivity index (χ1v) is 11.2. The number of aliphatic hydroxyl groups excluding tert-OH is 1. The Morgan fingerprint density at radius 1 is 1.12 bits per heavy atom. The molecule has 3 fully saturated rings. The smallest absolute Gasteiger partial charge is 0.248 e. The summed E-state index contributed by atoms with van der Waals surface area (Å²) in [6, 6.07) is 0. The molecule has 0 aromatic heterocycles. The monoisotopic (exact) mass is 418 g/mol. The van der Waals surface area contributed by atoms with E-state index in [-0.39, 0.29) is 28.6 Å². The quantitative estimate of drug-likeness (QED) is 0.426. The van der Waals surface area contributed by atoms with E-state index < -0.39 is 3.79 Å². The summed E-state index contributed by atoms with van der Waals surface area (Å²) in [7, 11) is 0. The van der Waals surface area contributed by atoms with E-state index in [1.807, 2.05) is 0 Å². The van der Waals surface area contributed by atoms with E-state index in [2.05, 4.69) is 19.9 Å². The minimum absolute atomic E-state index is 0.0436. The fraction of sp³-hybridized carbons (Fsp3) is 0.857. The molecule has 5 heteroatoms. The molecule has 0 amide bonds. The number of rotatable bonds is 1. The number of Topliss-reactive ketones (excluding diaryl/α,β-unsaturated/α-hetero) is 1. The molecule has 0 spiro atoms. The number of hydrogen-bond donors (Lipinski definition) is 1. The molecular formula is C21H29Cl3O2. The maximum atomic E-state index is 12.8. The summed E-state index contributed by atoms with van der Waals surface area (Å²) in [5.74, 6) is 1.47. The molecule has 0 heterocycles. The second-order valence-electron chi connectivity index (χ2n) is 9.69. The number of hydrogen-bond acceptors (Lipinski definition) is 2. The summed E-state index contributed by atoms with van der Waals surface area (Å²) in [6.45, 7) is 4.69. The molecule has 0 aromatic carbocycles. The molecule has 0 bridgehead atoms. The summed E-state index contributed by atoms with van der Waals surface area (Å²) in [6.07, 6.45) is 10.3. The minimum atomic E-state index is -1.80. The number of carbonyl (C=O) groups excluding carboxylic acids is 1. The molecule has 146 valence electrons. The van der Waals surface area contributed by atoms with Gasteiger partial charge in [0.05, 0.1) is 6.10 Å². The van der Waals surface area contributed by atoms with Crippen LogP contribution in [-0.2, 0) is 4.79 Å². The molecule has 2 nitrogen and oxygen atoms in total. The number of alkyl halides is 3. The zero-order valence-electron chi connectivity index (χ0n) is 15.6. The SMILES string of the molecule is C[C@]12CC[C@H]3[C@@H](CC=C4C[C@@H](O)CC[C@@]43C)[C@@H]1CC[C@@H]2C(=O)C(Cl)(Cl)Cl. The summed E-state index contributed by atoms with van der Waals surface area (Å²) in [4.78, 5) is 12.8. The van der Waals surface area contributed by atoms with E-state index in [1.54, 1.807) is 0 Å². The molecular weight excluding hydrogens is 391 g/mol. The van der Waals surface area contributed by atoms with Gasteiger partial charge in [0.2, 0.25) is 3.79 Å². The molecule has 0 saturated heterocycles. The van der Waals surface area contributed by atoms with Crippen LogP contribution >= 0.6 is 34.8 Å². The van der Waals surface area contributed by atoms with Crippen LogP contribution in [0.4, 0.5) is 0 Å². The van der Waals surface area contributed by atoms with Crippen LogP contribution in [0, 0.1) is 34.5 Å². The lowest BCUT2D eigenvalue weighted by Crippen LogP contribution is -2.51. The van der Waals surface area contributed by atoms with Gasteiger partial charge in [0.25, 0.3) is 0 Å². The van der Waals surface area contributed by atoms with E-state index in [1.165, 1.54) is 5.57 Å². The lowest BCUT2D eigenvalue weighted by molar-refractivity contribution is -0.128. The van der Waals surface area contributed by atoms with Crippen molar-refractivity contribution in [2.24, 2.45) is 34.5 Å². The van der Waals surface area contributed by atoms with Gasteiger partial charge >= 0.3 is 0 Å². The van der Waals surface area contributed by atoms with Crippen molar-refractivity contribution < 1.29 is 9.90 Å². The van der Waals surface area contributed by atoms with Crippen LogP contribution < -0.4 is 0 Å². The zero-order valence-corrected chi connectivity index (χ0v) is 17.9. The average molecular weight is 420 g/mol. The Kier molecular flexibility index (Phi) is 4.79. The molecule has 1 N–H and O–H groups in total. The summed E-state index contributed by atoms with van der Waals surface area (Å²) >= 11 is 17.9. The van der Waals surface area contributed by atoms with Gasteiger partial charge in [-0.05, 0) is 80.0 Å². The summed E-state index contributed by atoms with van der Waals surface area (Å²) in [5, 5.41) is 10.1. The highest BCUT2D eigenvalue weighted by atomic mass is 35.6. The lowest BCUT2D eigenvalue weighted by atomic mass is 9.47. The second-order valence-corrected chi connectivity index (χ2v) is 12.0. The van der Waals surface area contributed by atoms with Crippen molar-refractivity contribution >= 4 is 40.6 Å². The Bertz CT molecular complexity index is 640. The lowest BCUT2D eigenvalue weighted by Gasteiger charge is -2.58. The van der Waals surface area contributed by atoms with Gasteiger partial charge in [0, 0.05) is 5.92 Å². The van der Waals surface area contributed by atoms with Gasteiger partial charge in [-0.15, -0.1) is 0 Å². The molecule has 0 aliphatic heterocycles. The predicted octanol–water partition coefficient (Wildman–Crippen LogP) is 5.87. The van der Waals surface area contributed by atoms with E-state index >= 15 is 0 Å². The van der Waals surface area contributed by atoms with E-state index in [4.69, 9.17) is 34.8 Å². The van der Waals surface area contributed by atoms with Gasteiger partial charge in [0.1, 0.15) is 0 Å². The number of allylic oxidation sites excluding steroid dienone is 1. The minimum Gasteiger partial charge on any atom is -0.393 e. The van der Waals surface area contributed by atoms with E-state index in [9.17, 15) is 9.90 Å². The standard InChI is InChI=1S/C21H29Cl3O2/c1-19-9-7-13(25)11-12(19)3-4-14-15-5-6-17(18(26)21(22,23)24)20(15,2)10-8-16(14)19/h3,13-17,25H,4-11H2,1-2H3/t13-,14-,15-,16-,17+,19-,20-/m0/s1. The summed E-state index contributed by atoms with van der Waals surface area (Å²) in [5.41, 5.74) is 1.66. The molecule has 4 aliphatic carbocycles. The van der Waals surface area contributed by atoms with Crippen LogP contribution in [0.1, 0.15) is 65.2 Å². The van der Waals surface area contributed by atoms with Gasteiger partial charge in [-0.1, -0.05) is 60.3 Å². The first-order chi connectivity index (χ1) is 12.1. The highest BCUT2D eigenvalue weighted by molar-refractivity contribution is 6.76. The maximum absolute atomic E-state index is 12.8. The zero-order chi connectivity index (χ0) is 18.9. The van der Waals surface area contributed by atoms with Gasteiger partial charge in [-0.2, -0.15) is 0 Å². The van der Waals surface area contributed by atoms with Gasteiger partial charge in [-0.3, -0.25) is 4.79 Å². The van der Waals surface area contributed by atoms with Crippen molar-refractivity contribution in [2.45, 2.75) is 75.1 Å². The molecule has 3 saturated carbocycles. The largest absolute Gasteiger partial charge is 0.393 e. The first kappa shape index (κ1) is 19.6. The number of fused-ring (bicyclic) bond motifs is 5. The third kappa shape index (κ3) is 2.81. The normalized spacial score (nSPS) is 48.2. The highest BCUT2D eigenvalue weighted by Gasteiger charge is 2.61. The predicted molar refractivity (Wildman–Crippen MR) is 106 cm³/mol. The van der Waals surface area contributed by atoms with Gasteiger partial charge in [0.15, 0.2) is 5.78 Å². The molecule has 0 radical (unpaired) electrons. The third-order valence-electron chi connectivity index (χ3n) is 8.67. The van der Waals surface area contributed by atoms with Crippen molar-refractivity contribution in [1.29, 1.82) is 0 Å². The number of halogens is 3. The van der Waals surface area contributed by atoms with E-state index in [0.717, 1.165) is 51.4 Å². The van der Waals surface area contributed by atoms with Crippen LogP contribution in [0.25, 0.3) is 0 Å². The fourth-order valence-electron chi connectivity index (χ4n) is 7.27. The molecule has 0 unspecified atom stereocenters. The molecule has 4 rings (SSSR count). The van der Waals surface area contributed by atoms with Gasteiger partial charge in [-0.25, -0.2) is 0 Å². The Balaban J connectivity index is 1.63. The fourth-order valence-corrected chi connectivity index (χ4v) is 7.67. The maximum Gasteiger partial charge on any atom is 0.248 e. The van der Waals surface area contributed by atoms with Crippen molar-refractivity contribution in [2.75, 3.05) is 0 Å². The van der Waals surface area contributed by atoms with Crippen LogP contribution in [0.5, 0.6) is 0 Å². The number of aliphatic hydroxyl groups is 1. The third-order valence-corrected chi connectivity index (χ3v) is 9.23. The van der Waals surface area contributed by atoms with Crippen LogP contribution in [0.15, 0.2) is 11.6 Å². The number of carbonyl (C=O) groups is 1. The average Bonchev–Trinajstić information content (AvgIpc) is 2.91. The van der Waals surface area contributed by atoms with Crippen LogP contribution in [0.2, 0.25) is 0 Å². The molecule has 26 heavy (non-hydrogen) atoms. The van der Waals surface area contributed by atoms with Crippen molar-refractivity contribution in [3.8, 4) is 0 Å². The highest BCUT2D eigenvalue weighted by Crippen LogP contribution is 2.66. The second kappa shape index (κ2) is 6.37. The van der Waals surface area contributed by atoms with Crippen LogP contribution in [-0.4, -0.2) is 20.8 Å². The summed E-state index contributed by atoms with van der Waals surface area (Å²) < 4.78 is -1.80. The molecule has 7 atom stereocenters. The van der Waals surface area contributed by atoms with E-state index in [0.29, 0.717) is 17.8 Å². The van der Waals surface area contributed by atoms with Crippen molar-refractivity contribution in [1.82, 2.24) is 0 Å². The Morgan fingerprint density at radius 3 is 2.54 bits per heavy atom. The van der Waals surface area contributed by atoms with Crippen LogP contribution in [0.3, 0.4) is 0 Å². The first-order valence-electron chi connectivity index (χ1n) is 10.1. The molecule has 4 aliphatic rings. The Labute approximate surface area is 171 Å². The van der Waals surface area contributed by atoms with Crippen molar-refractivity contribution in [3.05, 3.63) is 11.6 Å². The van der Waals surface area contributed by atoms with Gasteiger partial charge < -0.3 is 5.11 Å². The van der Waals surface area contributed by atoms with Crippen molar-refractivity contribution in [3.63, 3.8) is 0 Å². The molecule has 0 aromatic rings. The Hall–Kier alpha value is 0.240. The number of ketones is 1. The topological polar surface area (TPSA) is 37.3 Å².